The number of thioether (sulfide) groups is 1. The van der Waals surface area contributed by atoms with Crippen LogP contribution in [0.2, 0.25) is 0 Å². The number of amides is 1. The molecule has 0 saturated carbocycles. The number of fused-ring (bicyclic) bond motifs is 1. The lowest BCUT2D eigenvalue weighted by Crippen LogP contribution is -2.31. The molecule has 0 bridgehead atoms. The average Bonchev–Trinajstić information content (AvgIpc) is 3.20. The maximum atomic E-state index is 13.6. The Hall–Kier alpha value is -3.46. The van der Waals surface area contributed by atoms with Gasteiger partial charge in [-0.05, 0) is 61.9 Å². The smallest absolute Gasteiger partial charge is 0.255 e. The monoisotopic (exact) mass is 479 g/mol. The van der Waals surface area contributed by atoms with Crippen molar-refractivity contribution in [3.05, 3.63) is 64.9 Å². The van der Waals surface area contributed by atoms with Crippen molar-refractivity contribution in [3.63, 3.8) is 0 Å². The second-order valence-electron chi connectivity index (χ2n) is 7.83. The molecule has 1 aliphatic rings. The molecule has 1 unspecified atom stereocenters. The van der Waals surface area contributed by atoms with Gasteiger partial charge < -0.3 is 20.1 Å². The van der Waals surface area contributed by atoms with Crippen molar-refractivity contribution in [2.75, 3.05) is 30.1 Å². The molecule has 2 heterocycles. The number of anilines is 2. The predicted molar refractivity (Wildman–Crippen MR) is 135 cm³/mol. The number of carbonyl (C=O) groups excluding carboxylic acids is 1. The zero-order valence-electron chi connectivity index (χ0n) is 20.0. The van der Waals surface area contributed by atoms with Crippen LogP contribution in [0.4, 0.5) is 11.6 Å². The van der Waals surface area contributed by atoms with E-state index in [0.29, 0.717) is 34.8 Å². The zero-order valence-corrected chi connectivity index (χ0v) is 20.8. The summed E-state index contributed by atoms with van der Waals surface area (Å²) in [4.78, 5) is 18.2. The molecule has 1 atom stereocenters. The molecule has 8 nitrogen and oxygen atoms in total. The first-order valence-electron chi connectivity index (χ1n) is 11.2. The van der Waals surface area contributed by atoms with E-state index in [1.165, 1.54) is 0 Å². The van der Waals surface area contributed by atoms with Crippen molar-refractivity contribution in [1.82, 2.24) is 14.8 Å². The minimum absolute atomic E-state index is 0.208. The lowest BCUT2D eigenvalue weighted by molar-refractivity contribution is -0.113. The molecule has 0 aliphatic carbocycles. The predicted octanol–water partition coefficient (Wildman–Crippen LogP) is 5.03. The van der Waals surface area contributed by atoms with Crippen LogP contribution in [0, 0.1) is 6.92 Å². The van der Waals surface area contributed by atoms with E-state index < -0.39 is 6.04 Å². The van der Waals surface area contributed by atoms with Gasteiger partial charge in [0.2, 0.25) is 11.1 Å². The first-order chi connectivity index (χ1) is 16.4. The molecule has 4 rings (SSSR count). The highest BCUT2D eigenvalue weighted by Gasteiger charge is 2.35. The maximum absolute atomic E-state index is 13.6. The highest BCUT2D eigenvalue weighted by atomic mass is 32.2. The Balaban J connectivity index is 1.81. The summed E-state index contributed by atoms with van der Waals surface area (Å²) in [5, 5.41) is 11.7. The molecule has 2 N–H and O–H groups in total. The van der Waals surface area contributed by atoms with Crippen LogP contribution in [0.3, 0.4) is 0 Å². The van der Waals surface area contributed by atoms with Gasteiger partial charge in [-0.1, -0.05) is 36.9 Å². The number of nitrogens with one attached hydrogen (secondary N) is 2. The summed E-state index contributed by atoms with van der Waals surface area (Å²) in [6, 6.07) is 12.9. The molecule has 1 aliphatic heterocycles. The van der Waals surface area contributed by atoms with Gasteiger partial charge in [0.1, 0.15) is 6.04 Å². The fraction of sp³-hybridized carbons (Fsp3) is 0.320. The molecule has 1 aromatic heterocycles. The van der Waals surface area contributed by atoms with E-state index in [1.807, 2.05) is 63.2 Å². The number of hydrogen-bond acceptors (Lipinski definition) is 7. The fourth-order valence-corrected chi connectivity index (χ4v) is 4.53. The number of aromatic nitrogens is 3. The van der Waals surface area contributed by atoms with Crippen LogP contribution in [0.1, 0.15) is 37.9 Å². The van der Waals surface area contributed by atoms with E-state index >= 15 is 0 Å². The van der Waals surface area contributed by atoms with E-state index in [1.54, 1.807) is 23.6 Å². The molecule has 0 spiro atoms. The number of aryl methyl sites for hydroxylation is 1. The molecule has 0 fully saturated rings. The summed E-state index contributed by atoms with van der Waals surface area (Å²) in [6.45, 7) is 8.35. The first kappa shape index (κ1) is 23.7. The third-order valence-corrected chi connectivity index (χ3v) is 6.15. The van der Waals surface area contributed by atoms with Crippen molar-refractivity contribution in [3.8, 4) is 11.5 Å². The first-order valence-corrected chi connectivity index (χ1v) is 12.2. The molecule has 178 valence electrons. The number of methoxy groups -OCH3 is 1. The summed E-state index contributed by atoms with van der Waals surface area (Å²) >= 11 is 1.55. The Morgan fingerprint density at radius 1 is 1.18 bits per heavy atom. The van der Waals surface area contributed by atoms with Crippen LogP contribution in [0.5, 0.6) is 11.5 Å². The lowest BCUT2D eigenvalue weighted by atomic mass is 9.94. The Bertz CT molecular complexity index is 1240. The molecular formula is C25H29N5O3S. The van der Waals surface area contributed by atoms with Gasteiger partial charge in [0, 0.05) is 11.4 Å². The molecule has 1 amide bonds. The molecule has 34 heavy (non-hydrogen) atoms. The fourth-order valence-electron chi connectivity index (χ4n) is 3.98. The van der Waals surface area contributed by atoms with Gasteiger partial charge in [-0.25, -0.2) is 4.68 Å². The van der Waals surface area contributed by atoms with Crippen molar-refractivity contribution >= 4 is 29.3 Å². The number of nitrogens with zero attached hydrogens (tertiary/aromatic N) is 3. The number of rotatable bonds is 8. The summed E-state index contributed by atoms with van der Waals surface area (Å²) in [7, 11) is 1.61. The molecule has 9 heteroatoms. The van der Waals surface area contributed by atoms with Crippen molar-refractivity contribution < 1.29 is 14.3 Å². The van der Waals surface area contributed by atoms with E-state index in [0.717, 1.165) is 28.3 Å². The molecule has 2 aromatic carbocycles. The number of carbonyl (C=O) groups is 1. The van der Waals surface area contributed by atoms with Crippen molar-refractivity contribution in [1.29, 1.82) is 0 Å². The normalized spacial score (nSPS) is 14.9. The lowest BCUT2D eigenvalue weighted by Gasteiger charge is -2.29. The van der Waals surface area contributed by atoms with Gasteiger partial charge in [0.25, 0.3) is 5.91 Å². The minimum Gasteiger partial charge on any atom is -0.493 e. The largest absolute Gasteiger partial charge is 0.493 e. The van der Waals surface area contributed by atoms with Crippen LogP contribution in [0.25, 0.3) is 0 Å². The molecule has 3 aromatic rings. The summed E-state index contributed by atoms with van der Waals surface area (Å²) in [6.07, 6.45) is 0. The third kappa shape index (κ3) is 4.75. The topological polar surface area (TPSA) is 90.3 Å². The van der Waals surface area contributed by atoms with Crippen molar-refractivity contribution in [2.45, 2.75) is 38.9 Å². The van der Waals surface area contributed by atoms with Crippen LogP contribution in [-0.2, 0) is 4.79 Å². The van der Waals surface area contributed by atoms with Crippen LogP contribution in [-0.4, -0.2) is 40.1 Å². The number of hydrogen-bond donors (Lipinski definition) is 2. The van der Waals surface area contributed by atoms with Crippen molar-refractivity contribution in [2.24, 2.45) is 0 Å². The quantitative estimate of drug-likeness (QED) is 0.438. The van der Waals surface area contributed by atoms with E-state index in [-0.39, 0.29) is 5.91 Å². The van der Waals surface area contributed by atoms with Gasteiger partial charge in [-0.3, -0.25) is 4.79 Å². The second kappa shape index (κ2) is 10.2. The number of ether oxygens (including phenoxy) is 2. The third-order valence-electron chi connectivity index (χ3n) is 5.43. The van der Waals surface area contributed by atoms with Gasteiger partial charge in [-0.15, -0.1) is 5.10 Å². The number of benzene rings is 2. The minimum atomic E-state index is -0.495. The Labute approximate surface area is 203 Å². The second-order valence-corrected chi connectivity index (χ2v) is 9.06. The van der Waals surface area contributed by atoms with E-state index in [4.69, 9.17) is 14.6 Å². The standard InChI is InChI=1S/C25H29N5O3S/c1-6-33-20-14-17(11-12-19(20)32-5)22-21(23(31)27-18-10-8-9-15(3)13-18)16(4)26-24-28-25(34-7-2)29-30(22)24/h8-14,22H,6-7H2,1-5H3,(H,27,31)(H,26,28,29). The average molecular weight is 480 g/mol. The highest BCUT2D eigenvalue weighted by molar-refractivity contribution is 7.99. The summed E-state index contributed by atoms with van der Waals surface area (Å²) in [5.41, 5.74) is 3.92. The maximum Gasteiger partial charge on any atom is 0.255 e. The van der Waals surface area contributed by atoms with Crippen LogP contribution in [0.15, 0.2) is 58.9 Å². The Morgan fingerprint density at radius 2 is 2.00 bits per heavy atom. The van der Waals surface area contributed by atoms with E-state index in [2.05, 4.69) is 22.5 Å². The van der Waals surface area contributed by atoms with Crippen LogP contribution < -0.4 is 20.1 Å². The van der Waals surface area contributed by atoms with E-state index in [9.17, 15) is 4.79 Å². The SMILES string of the molecule is CCOc1cc(C2C(C(=O)Nc3cccc(C)c3)=C(C)Nc3nc(SCC)nn32)ccc1OC. The Morgan fingerprint density at radius 3 is 2.71 bits per heavy atom. The van der Waals surface area contributed by atoms with Gasteiger partial charge in [0.05, 0.1) is 19.3 Å². The molecule has 0 radical (unpaired) electrons. The number of allylic oxidation sites excluding steroid dienone is 1. The summed E-state index contributed by atoms with van der Waals surface area (Å²) < 4.78 is 13.1. The van der Waals surface area contributed by atoms with Gasteiger partial charge >= 0.3 is 0 Å². The molecular weight excluding hydrogens is 450 g/mol. The summed E-state index contributed by atoms with van der Waals surface area (Å²) in [5.74, 6) is 2.48. The zero-order chi connectivity index (χ0) is 24.2. The van der Waals surface area contributed by atoms with Gasteiger partial charge in [0.15, 0.2) is 11.5 Å². The highest BCUT2D eigenvalue weighted by Crippen LogP contribution is 2.39. The van der Waals surface area contributed by atoms with Gasteiger partial charge in [-0.2, -0.15) is 4.98 Å². The Kier molecular flexibility index (Phi) is 7.12. The molecule has 0 saturated heterocycles. The van der Waals surface area contributed by atoms with Crippen LogP contribution >= 0.6 is 11.8 Å².